The summed E-state index contributed by atoms with van der Waals surface area (Å²) >= 11 is 0. The van der Waals surface area contributed by atoms with Gasteiger partial charge in [-0.1, -0.05) is 0 Å². The third kappa shape index (κ3) is 44.8. The van der Waals surface area contributed by atoms with Gasteiger partial charge >= 0.3 is 56.8 Å². The molecule has 0 atom stereocenters. The van der Waals surface area contributed by atoms with Crippen LogP contribution in [0.4, 0.5) is 4.20 Å². The molecule has 0 aliphatic carbocycles. The van der Waals surface area contributed by atoms with E-state index in [4.69, 9.17) is 14.4 Å². The van der Waals surface area contributed by atoms with Gasteiger partial charge in [-0.2, -0.15) is 0 Å². The Balaban J connectivity index is -0.0000000267. The summed E-state index contributed by atoms with van der Waals surface area (Å²) < 4.78 is 19.0. The van der Waals surface area contributed by atoms with Gasteiger partial charge in [0.25, 0.3) is 0 Å². The Hall–Kier alpha value is 1.65. The number of hydrogen-bond acceptors (Lipinski definition) is 1. The van der Waals surface area contributed by atoms with E-state index in [9.17, 15) is 4.20 Å². The van der Waals surface area contributed by atoms with Gasteiger partial charge < -0.3 is 2.85 Å². The molecule has 0 bridgehead atoms. The van der Waals surface area contributed by atoms with Crippen molar-refractivity contribution in [1.29, 1.82) is 0 Å². The number of hydrogen-bond donors (Lipinski definition) is 2. The fourth-order valence-electron chi connectivity index (χ4n) is 0. The quantitative estimate of drug-likeness (QED) is 0.458. The van der Waals surface area contributed by atoms with Crippen LogP contribution in [0.2, 0.25) is 0 Å². The molecule has 0 heterocycles. The standard InChI is InChI=1S/Ba.FH2O3P.2H/c;1-5(2,3)4;;/h;(H2,2,3,4);;/q+2;;2*-1. The molecule has 0 aliphatic heterocycles. The summed E-state index contributed by atoms with van der Waals surface area (Å²) in [6, 6.07) is 0. The van der Waals surface area contributed by atoms with Crippen LogP contribution in [0.25, 0.3) is 0 Å². The van der Waals surface area contributed by atoms with E-state index in [0.29, 0.717) is 0 Å². The average molecular weight is 239 g/mol. The minimum Gasteiger partial charge on any atom is -1.00 e. The normalized spacial score (nSPS) is 9.83. The Labute approximate surface area is 77.3 Å². The van der Waals surface area contributed by atoms with Crippen LogP contribution in [0.5, 0.6) is 0 Å². The van der Waals surface area contributed by atoms with E-state index < -0.39 is 7.91 Å². The van der Waals surface area contributed by atoms with Crippen molar-refractivity contribution in [2.24, 2.45) is 0 Å². The van der Waals surface area contributed by atoms with Crippen LogP contribution < -0.4 is 0 Å². The number of halogens is 1. The summed E-state index contributed by atoms with van der Waals surface area (Å²) in [4.78, 5) is 13.9. The maximum absolute atomic E-state index is 10.4. The zero-order valence-corrected chi connectivity index (χ0v) is 8.17. The molecular weight excluding hydrogens is 235 g/mol. The van der Waals surface area contributed by atoms with E-state index in [1.54, 1.807) is 0 Å². The molecule has 0 saturated carbocycles. The minimum absolute atomic E-state index is 0. The second-order valence-corrected chi connectivity index (χ2v) is 1.42. The molecule has 3 nitrogen and oxygen atoms in total. The third-order valence-corrected chi connectivity index (χ3v) is 0. The van der Waals surface area contributed by atoms with Gasteiger partial charge in [0.1, 0.15) is 0 Å². The van der Waals surface area contributed by atoms with Crippen LogP contribution in [0.3, 0.4) is 0 Å². The minimum atomic E-state index is -5.14. The Morgan fingerprint density at radius 1 is 1.67 bits per heavy atom. The monoisotopic (exact) mass is 240 g/mol. The van der Waals surface area contributed by atoms with Crippen molar-refractivity contribution in [3.63, 3.8) is 0 Å². The second kappa shape index (κ2) is 3.63. The molecule has 0 aromatic heterocycles. The van der Waals surface area contributed by atoms with Gasteiger partial charge in [0, 0.05) is 0 Å². The Kier molecular flexibility index (Phi) is 6.41. The van der Waals surface area contributed by atoms with Crippen LogP contribution >= 0.6 is 7.91 Å². The molecule has 2 N–H and O–H groups in total. The molecule has 0 rings (SSSR count). The zero-order chi connectivity index (χ0) is 4.50. The molecule has 0 aliphatic rings. The van der Waals surface area contributed by atoms with E-state index in [2.05, 4.69) is 0 Å². The molecule has 0 radical (unpaired) electrons. The van der Waals surface area contributed by atoms with Gasteiger partial charge in [0.05, 0.1) is 0 Å². The third-order valence-electron chi connectivity index (χ3n) is 0. The van der Waals surface area contributed by atoms with E-state index in [1.165, 1.54) is 0 Å². The molecule has 36 valence electrons. The molecule has 0 spiro atoms. The Morgan fingerprint density at radius 2 is 1.67 bits per heavy atom. The van der Waals surface area contributed by atoms with Gasteiger partial charge in [-0.3, -0.25) is 9.79 Å². The van der Waals surface area contributed by atoms with E-state index >= 15 is 0 Å². The molecule has 0 aromatic rings. The van der Waals surface area contributed by atoms with Crippen LogP contribution in [-0.2, 0) is 4.57 Å². The first-order valence-electron chi connectivity index (χ1n) is 0.752. The molecule has 6 heavy (non-hydrogen) atoms. The Morgan fingerprint density at radius 3 is 1.67 bits per heavy atom. The fraction of sp³-hybridized carbons (Fsp3) is 0. The van der Waals surface area contributed by atoms with E-state index in [0.717, 1.165) is 0 Å². The maximum atomic E-state index is 10.4. The molecule has 6 heteroatoms. The average Bonchev–Trinajstić information content (AvgIpc) is 0.722. The van der Waals surface area contributed by atoms with Crippen LogP contribution in [0.1, 0.15) is 2.85 Å². The summed E-state index contributed by atoms with van der Waals surface area (Å²) in [7, 11) is -5.14. The summed E-state index contributed by atoms with van der Waals surface area (Å²) in [5.41, 5.74) is 0. The first-order chi connectivity index (χ1) is 2.00. The molecule has 0 aromatic carbocycles. The smallest absolute Gasteiger partial charge is 1.00 e. The van der Waals surface area contributed by atoms with Crippen LogP contribution in [0, 0.1) is 0 Å². The summed E-state index contributed by atoms with van der Waals surface area (Å²) in [6.45, 7) is 0. The van der Waals surface area contributed by atoms with Crippen molar-refractivity contribution < 1.29 is 21.4 Å². The van der Waals surface area contributed by atoms with Gasteiger partial charge in [-0.05, 0) is 0 Å². The van der Waals surface area contributed by atoms with Crippen molar-refractivity contribution in [3.8, 4) is 0 Å². The van der Waals surface area contributed by atoms with Gasteiger partial charge in [0.15, 0.2) is 0 Å². The van der Waals surface area contributed by atoms with Gasteiger partial charge in [-0.15, -0.1) is 4.20 Å². The summed E-state index contributed by atoms with van der Waals surface area (Å²) in [5, 5.41) is 0. The predicted octanol–water partition coefficient (Wildman–Crippen LogP) is -0.107. The van der Waals surface area contributed by atoms with E-state index in [-0.39, 0.29) is 51.7 Å². The molecule has 0 saturated heterocycles. The molecule has 0 fully saturated rings. The second-order valence-electron chi connectivity index (χ2n) is 0.473. The van der Waals surface area contributed by atoms with Crippen molar-refractivity contribution >= 4 is 56.8 Å². The van der Waals surface area contributed by atoms with Crippen molar-refractivity contribution in [2.45, 2.75) is 0 Å². The van der Waals surface area contributed by atoms with Crippen molar-refractivity contribution in [2.75, 3.05) is 0 Å². The topological polar surface area (TPSA) is 57.5 Å². The first kappa shape index (κ1) is 10.6. The fourth-order valence-corrected chi connectivity index (χ4v) is 0. The van der Waals surface area contributed by atoms with Gasteiger partial charge in [-0.25, -0.2) is 4.57 Å². The summed E-state index contributed by atoms with van der Waals surface area (Å²) in [5.74, 6) is 0. The van der Waals surface area contributed by atoms with Crippen LogP contribution in [0.15, 0.2) is 0 Å². The summed E-state index contributed by atoms with van der Waals surface area (Å²) in [6.07, 6.45) is 0. The number of rotatable bonds is 0. The first-order valence-corrected chi connectivity index (χ1v) is 2.25. The molecule has 0 amide bonds. The van der Waals surface area contributed by atoms with Crippen molar-refractivity contribution in [3.05, 3.63) is 0 Å². The van der Waals surface area contributed by atoms with Crippen LogP contribution in [-0.4, -0.2) is 58.7 Å². The molecule has 0 unspecified atom stereocenters. The van der Waals surface area contributed by atoms with Crippen molar-refractivity contribution in [1.82, 2.24) is 0 Å². The maximum Gasteiger partial charge on any atom is 2.00 e. The zero-order valence-electron chi connectivity index (χ0n) is 4.83. The van der Waals surface area contributed by atoms with E-state index in [1.807, 2.05) is 0 Å². The SMILES string of the molecule is O=P(O)(O)F.[Ba+2].[H-].[H-]. The molecular formula is H4BaFO3P. The predicted molar refractivity (Wildman–Crippen MR) is 21.1 cm³/mol. The largest absolute Gasteiger partial charge is 2.00 e. The Bertz CT molecular complexity index is 63.4. The van der Waals surface area contributed by atoms with Gasteiger partial charge in [0.2, 0.25) is 0 Å².